The number of thiazole rings is 1. The van der Waals surface area contributed by atoms with Crippen LogP contribution in [0.15, 0.2) is 39.8 Å². The topological polar surface area (TPSA) is 48.3 Å². The summed E-state index contributed by atoms with van der Waals surface area (Å²) in [6, 6.07) is 6.52. The van der Waals surface area contributed by atoms with E-state index >= 15 is 0 Å². The molecule has 0 spiro atoms. The molecular formula is C22H22FNO3S2. The van der Waals surface area contributed by atoms with Crippen LogP contribution in [0.1, 0.15) is 31.9 Å². The van der Waals surface area contributed by atoms with E-state index in [9.17, 15) is 14.0 Å². The number of carbonyl (C=O) groups excluding carboxylic acids is 1. The summed E-state index contributed by atoms with van der Waals surface area (Å²) < 4.78 is 21.7. The van der Waals surface area contributed by atoms with Crippen molar-refractivity contribution in [2.24, 2.45) is 5.41 Å². The highest BCUT2D eigenvalue weighted by Gasteiger charge is 2.19. The lowest BCUT2D eigenvalue weighted by Crippen LogP contribution is -2.32. The molecule has 0 aliphatic carbocycles. The molecule has 0 saturated heterocycles. The normalized spacial score (nSPS) is 13.1. The molecule has 4 nitrogen and oxygen atoms in total. The van der Waals surface area contributed by atoms with Crippen LogP contribution in [0.25, 0.3) is 12.2 Å². The van der Waals surface area contributed by atoms with Gasteiger partial charge in [0, 0.05) is 11.5 Å². The third-order valence-corrected chi connectivity index (χ3v) is 6.09. The van der Waals surface area contributed by atoms with Gasteiger partial charge in [0.1, 0.15) is 4.66 Å². The lowest BCUT2D eigenvalue weighted by Gasteiger charge is -2.13. The van der Waals surface area contributed by atoms with Crippen molar-refractivity contribution in [3.63, 3.8) is 0 Å². The molecule has 3 aromatic rings. The summed E-state index contributed by atoms with van der Waals surface area (Å²) >= 11 is 2.81. The number of hydrogen-bond acceptors (Lipinski definition) is 5. The number of hydrogen-bond donors (Lipinski definition) is 0. The summed E-state index contributed by atoms with van der Waals surface area (Å²) in [4.78, 5) is 25.6. The van der Waals surface area contributed by atoms with Crippen LogP contribution in [0.4, 0.5) is 4.39 Å². The Balaban J connectivity index is 2.15. The van der Waals surface area contributed by atoms with E-state index in [0.29, 0.717) is 14.8 Å². The van der Waals surface area contributed by atoms with E-state index in [2.05, 4.69) is 0 Å². The number of Topliss-reactive ketones (excluding diaryl/α,β-unsaturated/α-hetero) is 1. The van der Waals surface area contributed by atoms with E-state index in [1.54, 1.807) is 17.4 Å². The number of thiophene rings is 1. The number of nitrogens with zero attached hydrogens (tertiary/aromatic N) is 1. The third-order valence-electron chi connectivity index (χ3n) is 4.33. The average molecular weight is 432 g/mol. The second-order valence-corrected chi connectivity index (χ2v) is 9.47. The molecule has 0 amide bonds. The largest absolute Gasteiger partial charge is 0.494 e. The minimum Gasteiger partial charge on any atom is -0.494 e. The minimum absolute atomic E-state index is 0.0736. The van der Waals surface area contributed by atoms with Gasteiger partial charge in [0.25, 0.3) is 5.56 Å². The zero-order chi connectivity index (χ0) is 21.2. The van der Waals surface area contributed by atoms with Crippen molar-refractivity contribution in [2.45, 2.75) is 27.3 Å². The summed E-state index contributed by atoms with van der Waals surface area (Å²) in [5, 5.41) is 3.89. The molecule has 2 heterocycles. The predicted octanol–water partition coefficient (Wildman–Crippen LogP) is 3.39. The van der Waals surface area contributed by atoms with Gasteiger partial charge in [-0.1, -0.05) is 26.8 Å². The Morgan fingerprint density at radius 3 is 2.62 bits per heavy atom. The Morgan fingerprint density at radius 1 is 1.28 bits per heavy atom. The van der Waals surface area contributed by atoms with Gasteiger partial charge in [-0.25, -0.2) is 4.39 Å². The first-order valence-corrected chi connectivity index (χ1v) is 10.8. The molecule has 0 fully saturated rings. The van der Waals surface area contributed by atoms with Crippen LogP contribution in [0, 0.1) is 11.2 Å². The molecular weight excluding hydrogens is 409 g/mol. The van der Waals surface area contributed by atoms with Crippen molar-refractivity contribution in [3.05, 3.63) is 71.5 Å². The lowest BCUT2D eigenvalue weighted by atomic mass is 9.91. The monoisotopic (exact) mass is 431 g/mol. The van der Waals surface area contributed by atoms with Crippen molar-refractivity contribution < 1.29 is 13.9 Å². The molecule has 0 saturated carbocycles. The zero-order valence-electron chi connectivity index (χ0n) is 16.7. The number of methoxy groups -OCH3 is 1. The van der Waals surface area contributed by atoms with E-state index in [0.717, 1.165) is 5.56 Å². The molecule has 7 heteroatoms. The molecule has 0 aliphatic rings. The van der Waals surface area contributed by atoms with E-state index < -0.39 is 11.2 Å². The fraction of sp³-hybridized carbons (Fsp3) is 0.273. The van der Waals surface area contributed by atoms with Crippen molar-refractivity contribution in [1.82, 2.24) is 4.57 Å². The average Bonchev–Trinajstić information content (AvgIpc) is 3.25. The number of halogens is 1. The summed E-state index contributed by atoms with van der Waals surface area (Å²) in [5.74, 6) is -0.419. The Kier molecular flexibility index (Phi) is 6.19. The SMILES string of the molecule is COc1ccc(Cn2c(=O)/c(=C/c3ccsc3)s/c2=C\C(=O)C(C)(C)C)cc1F. The van der Waals surface area contributed by atoms with Gasteiger partial charge < -0.3 is 4.74 Å². The zero-order valence-corrected chi connectivity index (χ0v) is 18.3. The number of ether oxygens (including phenoxy) is 1. The van der Waals surface area contributed by atoms with Crippen molar-refractivity contribution in [2.75, 3.05) is 7.11 Å². The molecule has 0 aliphatic heterocycles. The molecule has 0 bridgehead atoms. The van der Waals surface area contributed by atoms with E-state index in [1.165, 1.54) is 41.2 Å². The standard InChI is InChI=1S/C22H22FNO3S2/c1-22(2,3)19(25)11-20-24(12-14-5-6-17(27-4)16(23)9-14)21(26)18(29-20)10-15-7-8-28-13-15/h5-11,13H,12H2,1-4H3/b18-10-,20-11-. The number of benzene rings is 1. The summed E-state index contributed by atoms with van der Waals surface area (Å²) in [7, 11) is 1.40. The molecule has 0 unspecified atom stereocenters. The lowest BCUT2D eigenvalue weighted by molar-refractivity contribution is -0.120. The molecule has 1 aromatic carbocycles. The molecule has 3 rings (SSSR count). The molecule has 2 aromatic heterocycles. The quantitative estimate of drug-likeness (QED) is 0.622. The second-order valence-electron chi connectivity index (χ2n) is 7.62. The Hall–Kier alpha value is -2.51. The predicted molar refractivity (Wildman–Crippen MR) is 117 cm³/mol. The summed E-state index contributed by atoms with van der Waals surface area (Å²) in [5.41, 5.74) is 0.784. The van der Waals surface area contributed by atoms with Gasteiger partial charge in [0.2, 0.25) is 0 Å². The van der Waals surface area contributed by atoms with E-state index in [1.807, 2.05) is 43.7 Å². The Bertz CT molecular complexity index is 1200. The first kappa shape index (κ1) is 21.2. The number of carbonyl (C=O) groups is 1. The third kappa shape index (κ3) is 4.92. The Labute approximate surface area is 176 Å². The molecule has 0 atom stereocenters. The number of aromatic nitrogens is 1. The fourth-order valence-corrected chi connectivity index (χ4v) is 4.28. The first-order chi connectivity index (χ1) is 13.7. The minimum atomic E-state index is -0.561. The van der Waals surface area contributed by atoms with E-state index in [4.69, 9.17) is 4.74 Å². The smallest absolute Gasteiger partial charge is 0.269 e. The van der Waals surface area contributed by atoms with Crippen molar-refractivity contribution >= 4 is 40.6 Å². The molecule has 0 radical (unpaired) electrons. The van der Waals surface area contributed by atoms with Crippen LogP contribution < -0.4 is 19.5 Å². The maximum Gasteiger partial charge on any atom is 0.269 e. The van der Waals surface area contributed by atoms with Gasteiger partial charge in [-0.05, 0) is 46.2 Å². The molecule has 0 N–H and O–H groups in total. The second kappa shape index (κ2) is 8.47. The highest BCUT2D eigenvalue weighted by molar-refractivity contribution is 7.08. The summed E-state index contributed by atoms with van der Waals surface area (Å²) in [6.45, 7) is 5.66. The van der Waals surface area contributed by atoms with Crippen LogP contribution in [-0.4, -0.2) is 17.5 Å². The molecule has 29 heavy (non-hydrogen) atoms. The maximum atomic E-state index is 14.1. The van der Waals surface area contributed by atoms with Crippen LogP contribution in [0.3, 0.4) is 0 Å². The van der Waals surface area contributed by atoms with Crippen LogP contribution in [0.2, 0.25) is 0 Å². The maximum absolute atomic E-state index is 14.1. The highest BCUT2D eigenvalue weighted by Crippen LogP contribution is 2.18. The van der Waals surface area contributed by atoms with Crippen molar-refractivity contribution in [3.8, 4) is 5.75 Å². The van der Waals surface area contributed by atoms with Gasteiger partial charge in [-0.3, -0.25) is 14.2 Å². The summed E-state index contributed by atoms with van der Waals surface area (Å²) in [6.07, 6.45) is 3.32. The van der Waals surface area contributed by atoms with Gasteiger partial charge in [0.15, 0.2) is 17.3 Å². The van der Waals surface area contributed by atoms with Crippen molar-refractivity contribution in [1.29, 1.82) is 0 Å². The molecule has 152 valence electrons. The van der Waals surface area contributed by atoms with Gasteiger partial charge in [-0.15, -0.1) is 11.3 Å². The number of ketones is 1. The highest BCUT2D eigenvalue weighted by atomic mass is 32.1. The van der Waals surface area contributed by atoms with Gasteiger partial charge >= 0.3 is 0 Å². The number of rotatable bonds is 5. The van der Waals surface area contributed by atoms with Gasteiger partial charge in [-0.2, -0.15) is 11.3 Å². The van der Waals surface area contributed by atoms with E-state index in [-0.39, 0.29) is 23.6 Å². The van der Waals surface area contributed by atoms with Crippen LogP contribution in [0.5, 0.6) is 5.75 Å². The Morgan fingerprint density at radius 2 is 2.03 bits per heavy atom. The van der Waals surface area contributed by atoms with Crippen LogP contribution >= 0.6 is 22.7 Å². The van der Waals surface area contributed by atoms with Crippen LogP contribution in [-0.2, 0) is 11.3 Å². The first-order valence-electron chi connectivity index (χ1n) is 9.01. The fourth-order valence-electron chi connectivity index (χ4n) is 2.62. The van der Waals surface area contributed by atoms with Gasteiger partial charge in [0.05, 0.1) is 18.2 Å².